The van der Waals surface area contributed by atoms with E-state index in [0.29, 0.717) is 6.54 Å². The van der Waals surface area contributed by atoms with Crippen LogP contribution < -0.4 is 5.32 Å². The molecule has 0 saturated heterocycles. The summed E-state index contributed by atoms with van der Waals surface area (Å²) in [4.78, 5) is 16.3. The average Bonchev–Trinajstić information content (AvgIpc) is 3.24. The summed E-state index contributed by atoms with van der Waals surface area (Å²) in [5.41, 5.74) is 2.70. The molecule has 1 aromatic carbocycles. The van der Waals surface area contributed by atoms with E-state index in [2.05, 4.69) is 46.6 Å². The molecule has 5 heteroatoms. The third kappa shape index (κ3) is 3.28. The predicted octanol–water partition coefficient (Wildman–Crippen LogP) is 2.78. The number of benzene rings is 1. The zero-order chi connectivity index (χ0) is 16.3. The first-order valence-corrected chi connectivity index (χ1v) is 8.30. The molecule has 1 fully saturated rings. The number of amides is 1. The number of nitrogens with one attached hydrogen (secondary N) is 1. The Kier molecular flexibility index (Phi) is 4.46. The first-order chi connectivity index (χ1) is 11.1. The van der Waals surface area contributed by atoms with Gasteiger partial charge in [0.15, 0.2) is 0 Å². The van der Waals surface area contributed by atoms with Gasteiger partial charge in [-0.2, -0.15) is 5.10 Å². The predicted molar refractivity (Wildman–Crippen MR) is 89.1 cm³/mol. The van der Waals surface area contributed by atoms with Crippen LogP contribution in [0.25, 0.3) is 0 Å². The largest absolute Gasteiger partial charge is 0.353 e. The molecule has 5 nitrogen and oxygen atoms in total. The van der Waals surface area contributed by atoms with E-state index in [0.717, 1.165) is 12.8 Å². The van der Waals surface area contributed by atoms with Gasteiger partial charge >= 0.3 is 0 Å². The molecule has 1 atom stereocenters. The molecule has 1 N–H and O–H groups in total. The second-order valence-electron chi connectivity index (χ2n) is 6.63. The lowest BCUT2D eigenvalue weighted by Gasteiger charge is -2.31. The van der Waals surface area contributed by atoms with E-state index in [1.807, 2.05) is 6.92 Å². The van der Waals surface area contributed by atoms with E-state index in [1.165, 1.54) is 30.3 Å². The third-order valence-electron chi connectivity index (χ3n) is 5.00. The van der Waals surface area contributed by atoms with E-state index in [4.69, 9.17) is 0 Å². The summed E-state index contributed by atoms with van der Waals surface area (Å²) < 4.78 is 1.59. The summed E-state index contributed by atoms with van der Waals surface area (Å²) in [5, 5.41) is 7.19. The molecule has 0 spiro atoms. The van der Waals surface area contributed by atoms with Gasteiger partial charge in [-0.3, -0.25) is 4.79 Å². The lowest BCUT2D eigenvalue weighted by atomic mass is 9.78. The van der Waals surface area contributed by atoms with Gasteiger partial charge in [-0.25, -0.2) is 9.67 Å². The number of hydrogen-bond acceptors (Lipinski definition) is 3. The number of aromatic nitrogens is 3. The molecule has 2 aromatic rings. The van der Waals surface area contributed by atoms with Crippen molar-refractivity contribution in [2.24, 2.45) is 0 Å². The van der Waals surface area contributed by atoms with Gasteiger partial charge in [0, 0.05) is 12.0 Å². The lowest BCUT2D eigenvalue weighted by Crippen LogP contribution is -2.41. The number of carbonyl (C=O) groups is 1. The number of aryl methyl sites for hydroxylation is 1. The van der Waals surface area contributed by atoms with E-state index in [1.54, 1.807) is 11.0 Å². The van der Waals surface area contributed by atoms with Crippen LogP contribution in [-0.4, -0.2) is 27.2 Å². The van der Waals surface area contributed by atoms with Gasteiger partial charge in [0.1, 0.15) is 18.7 Å². The maximum atomic E-state index is 12.4. The van der Waals surface area contributed by atoms with Crippen LogP contribution >= 0.6 is 0 Å². The van der Waals surface area contributed by atoms with E-state index >= 15 is 0 Å². The number of rotatable bonds is 5. The topological polar surface area (TPSA) is 59.8 Å². The molecule has 1 unspecified atom stereocenters. The van der Waals surface area contributed by atoms with Crippen LogP contribution in [-0.2, 0) is 10.2 Å². The smallest absolute Gasteiger partial charge is 0.244 e. The first kappa shape index (κ1) is 15.7. The fraction of sp³-hybridized carbons (Fsp3) is 0.500. The highest BCUT2D eigenvalue weighted by Gasteiger charge is 2.36. The minimum absolute atomic E-state index is 0.00516. The van der Waals surface area contributed by atoms with Gasteiger partial charge in [0.2, 0.25) is 5.91 Å². The maximum absolute atomic E-state index is 12.4. The van der Waals surface area contributed by atoms with Crippen molar-refractivity contribution >= 4 is 5.91 Å². The van der Waals surface area contributed by atoms with Gasteiger partial charge in [-0.1, -0.05) is 42.7 Å². The molecule has 3 rings (SSSR count). The van der Waals surface area contributed by atoms with Gasteiger partial charge in [-0.15, -0.1) is 0 Å². The Morgan fingerprint density at radius 1 is 1.39 bits per heavy atom. The second kappa shape index (κ2) is 6.52. The minimum atomic E-state index is -0.339. The molecule has 0 radical (unpaired) electrons. The molecular formula is C18H24N4O. The summed E-state index contributed by atoms with van der Waals surface area (Å²) in [6.07, 6.45) is 7.75. The Bertz CT molecular complexity index is 659. The third-order valence-corrected chi connectivity index (χ3v) is 5.00. The molecule has 1 aliphatic rings. The average molecular weight is 312 g/mol. The fourth-order valence-electron chi connectivity index (χ4n) is 3.54. The normalized spacial score (nSPS) is 17.8. The van der Waals surface area contributed by atoms with Crippen LogP contribution in [0.3, 0.4) is 0 Å². The molecule has 23 heavy (non-hydrogen) atoms. The standard InChI is InChI=1S/C18H24N4O/c1-14-6-5-7-16(10-14)18(8-3-4-9-18)11-20-17(23)15(2)22-13-19-12-21-22/h5-7,10,12-13,15H,3-4,8-9,11H2,1-2H3,(H,20,23). The number of carbonyl (C=O) groups excluding carboxylic acids is 1. The second-order valence-corrected chi connectivity index (χ2v) is 6.63. The van der Waals surface area contributed by atoms with Crippen LogP contribution in [0.1, 0.15) is 49.8 Å². The van der Waals surface area contributed by atoms with Gasteiger partial charge < -0.3 is 5.32 Å². The number of nitrogens with zero attached hydrogens (tertiary/aromatic N) is 3. The highest BCUT2D eigenvalue weighted by atomic mass is 16.2. The summed E-state index contributed by atoms with van der Waals surface area (Å²) in [5.74, 6) is -0.00516. The quantitative estimate of drug-likeness (QED) is 0.923. The van der Waals surface area contributed by atoms with Gasteiger partial charge in [-0.05, 0) is 32.3 Å². The van der Waals surface area contributed by atoms with Crippen LogP contribution in [0, 0.1) is 6.92 Å². The Morgan fingerprint density at radius 3 is 2.83 bits per heavy atom. The molecule has 1 aromatic heterocycles. The fourth-order valence-corrected chi connectivity index (χ4v) is 3.54. The Hall–Kier alpha value is -2.17. The van der Waals surface area contributed by atoms with Crippen molar-refractivity contribution in [2.75, 3.05) is 6.54 Å². The SMILES string of the molecule is Cc1cccc(C2(CNC(=O)C(C)n3cncn3)CCCC2)c1. The molecule has 0 bridgehead atoms. The van der Waals surface area contributed by atoms with Crippen LogP contribution in [0.5, 0.6) is 0 Å². The Labute approximate surface area is 137 Å². The lowest BCUT2D eigenvalue weighted by molar-refractivity contribution is -0.124. The van der Waals surface area contributed by atoms with Crippen LogP contribution in [0.4, 0.5) is 0 Å². The van der Waals surface area contributed by atoms with Crippen LogP contribution in [0.2, 0.25) is 0 Å². The zero-order valence-corrected chi connectivity index (χ0v) is 13.8. The van der Waals surface area contributed by atoms with Crippen molar-refractivity contribution in [1.82, 2.24) is 20.1 Å². The van der Waals surface area contributed by atoms with Gasteiger partial charge in [0.25, 0.3) is 0 Å². The maximum Gasteiger partial charge on any atom is 0.244 e. The van der Waals surface area contributed by atoms with Crippen molar-refractivity contribution in [1.29, 1.82) is 0 Å². The van der Waals surface area contributed by atoms with E-state index in [-0.39, 0.29) is 17.4 Å². The van der Waals surface area contributed by atoms with Crippen molar-refractivity contribution in [3.05, 3.63) is 48.0 Å². The van der Waals surface area contributed by atoms with Crippen molar-refractivity contribution < 1.29 is 4.79 Å². The summed E-state index contributed by atoms with van der Waals surface area (Å²) >= 11 is 0. The van der Waals surface area contributed by atoms with Crippen LogP contribution in [0.15, 0.2) is 36.9 Å². The molecule has 1 heterocycles. The van der Waals surface area contributed by atoms with Gasteiger partial charge in [0.05, 0.1) is 0 Å². The highest BCUT2D eigenvalue weighted by molar-refractivity contribution is 5.79. The summed E-state index contributed by atoms with van der Waals surface area (Å²) in [6, 6.07) is 8.36. The van der Waals surface area contributed by atoms with Crippen molar-refractivity contribution in [3.63, 3.8) is 0 Å². The highest BCUT2D eigenvalue weighted by Crippen LogP contribution is 2.40. The minimum Gasteiger partial charge on any atom is -0.353 e. The molecule has 1 saturated carbocycles. The molecule has 122 valence electrons. The van der Waals surface area contributed by atoms with Crippen molar-refractivity contribution in [2.45, 2.75) is 51.0 Å². The summed E-state index contributed by atoms with van der Waals surface area (Å²) in [6.45, 7) is 4.66. The molecule has 1 aliphatic carbocycles. The first-order valence-electron chi connectivity index (χ1n) is 8.30. The van der Waals surface area contributed by atoms with E-state index < -0.39 is 0 Å². The summed E-state index contributed by atoms with van der Waals surface area (Å²) in [7, 11) is 0. The molecule has 0 aliphatic heterocycles. The zero-order valence-electron chi connectivity index (χ0n) is 13.8. The number of hydrogen-bond donors (Lipinski definition) is 1. The van der Waals surface area contributed by atoms with Crippen molar-refractivity contribution in [3.8, 4) is 0 Å². The Balaban J connectivity index is 1.72. The molecule has 1 amide bonds. The Morgan fingerprint density at radius 2 is 2.17 bits per heavy atom. The van der Waals surface area contributed by atoms with E-state index in [9.17, 15) is 4.79 Å². The monoisotopic (exact) mass is 312 g/mol. The molecular weight excluding hydrogens is 288 g/mol.